The van der Waals surface area contributed by atoms with Crippen molar-refractivity contribution in [3.05, 3.63) is 90.5 Å². The van der Waals surface area contributed by atoms with Crippen LogP contribution >= 0.6 is 0 Å². The molecule has 0 spiro atoms. The maximum atomic E-state index is 12.9. The highest BCUT2D eigenvalue weighted by Gasteiger charge is 2.13. The minimum atomic E-state index is -0.223. The number of aromatic nitrogens is 2. The lowest BCUT2D eigenvalue weighted by atomic mass is 10.1. The lowest BCUT2D eigenvalue weighted by Crippen LogP contribution is -2.12. The van der Waals surface area contributed by atoms with Gasteiger partial charge in [-0.25, -0.2) is 0 Å². The van der Waals surface area contributed by atoms with Gasteiger partial charge in [0.05, 0.1) is 6.61 Å². The average molecular weight is 399 g/mol. The molecule has 0 aliphatic carbocycles. The van der Waals surface area contributed by atoms with Gasteiger partial charge in [-0.3, -0.25) is 14.8 Å². The predicted molar refractivity (Wildman–Crippen MR) is 116 cm³/mol. The number of ether oxygens (including phenoxy) is 2. The van der Waals surface area contributed by atoms with Crippen molar-refractivity contribution in [2.75, 3.05) is 11.9 Å². The van der Waals surface area contributed by atoms with Gasteiger partial charge in [0, 0.05) is 52.4 Å². The Morgan fingerprint density at radius 2 is 1.83 bits per heavy atom. The molecule has 6 nitrogen and oxygen atoms in total. The van der Waals surface area contributed by atoms with Gasteiger partial charge in [0.2, 0.25) is 0 Å². The van der Waals surface area contributed by atoms with Crippen molar-refractivity contribution < 1.29 is 14.3 Å². The first kappa shape index (κ1) is 19.4. The van der Waals surface area contributed by atoms with E-state index in [-0.39, 0.29) is 5.91 Å². The zero-order valence-electron chi connectivity index (χ0n) is 16.5. The molecule has 0 unspecified atom stereocenters. The van der Waals surface area contributed by atoms with Crippen molar-refractivity contribution in [1.29, 1.82) is 0 Å². The van der Waals surface area contributed by atoms with E-state index < -0.39 is 0 Å². The minimum Gasteiger partial charge on any atom is -0.490 e. The van der Waals surface area contributed by atoms with E-state index in [1.807, 2.05) is 43.3 Å². The summed E-state index contributed by atoms with van der Waals surface area (Å²) in [6, 6.07) is 16.6. The number of nitrogens with zero attached hydrogens (tertiary/aromatic N) is 2. The first-order chi connectivity index (χ1) is 14.7. The lowest BCUT2D eigenvalue weighted by Gasteiger charge is -2.14. The van der Waals surface area contributed by atoms with E-state index in [4.69, 9.17) is 9.47 Å². The zero-order valence-corrected chi connectivity index (χ0v) is 16.5. The van der Waals surface area contributed by atoms with E-state index in [1.54, 1.807) is 43.0 Å². The van der Waals surface area contributed by atoms with Crippen LogP contribution in [0.2, 0.25) is 0 Å². The van der Waals surface area contributed by atoms with Crippen LogP contribution in [0.15, 0.2) is 79.4 Å². The Morgan fingerprint density at radius 1 is 0.933 bits per heavy atom. The molecule has 0 saturated carbocycles. The number of carbonyl (C=O) groups excluding carboxylic acids is 1. The van der Waals surface area contributed by atoms with E-state index in [1.165, 1.54) is 0 Å². The van der Waals surface area contributed by atoms with Crippen LogP contribution in [0.25, 0.3) is 10.8 Å². The first-order valence-electron chi connectivity index (χ1n) is 9.67. The highest BCUT2D eigenvalue weighted by atomic mass is 16.5. The van der Waals surface area contributed by atoms with Gasteiger partial charge >= 0.3 is 0 Å². The van der Waals surface area contributed by atoms with Crippen LogP contribution in [0, 0.1) is 0 Å². The molecule has 0 radical (unpaired) electrons. The molecule has 2 aromatic heterocycles. The van der Waals surface area contributed by atoms with Crippen molar-refractivity contribution in [1.82, 2.24) is 9.97 Å². The third-order valence-corrected chi connectivity index (χ3v) is 4.55. The number of benzene rings is 2. The quantitative estimate of drug-likeness (QED) is 0.480. The fraction of sp³-hybridized carbons (Fsp3) is 0.125. The molecule has 6 heteroatoms. The summed E-state index contributed by atoms with van der Waals surface area (Å²) < 4.78 is 11.6. The summed E-state index contributed by atoms with van der Waals surface area (Å²) in [5.41, 5.74) is 2.17. The van der Waals surface area contributed by atoms with Crippen molar-refractivity contribution in [3.63, 3.8) is 0 Å². The third kappa shape index (κ3) is 4.38. The van der Waals surface area contributed by atoms with E-state index in [0.717, 1.165) is 22.0 Å². The van der Waals surface area contributed by atoms with Gasteiger partial charge in [0.1, 0.15) is 6.61 Å². The van der Waals surface area contributed by atoms with Gasteiger partial charge in [0.25, 0.3) is 5.91 Å². The van der Waals surface area contributed by atoms with Crippen molar-refractivity contribution >= 4 is 22.4 Å². The van der Waals surface area contributed by atoms with Gasteiger partial charge in [-0.2, -0.15) is 0 Å². The summed E-state index contributed by atoms with van der Waals surface area (Å²) in [6.45, 7) is 2.72. The van der Waals surface area contributed by atoms with Gasteiger partial charge in [-0.15, -0.1) is 0 Å². The summed E-state index contributed by atoms with van der Waals surface area (Å²) >= 11 is 0. The molecule has 1 N–H and O–H groups in total. The Balaban J connectivity index is 1.54. The number of fused-ring (bicyclic) bond motifs is 1. The molecule has 0 aliphatic heterocycles. The number of anilines is 1. The number of nitrogens with one attached hydrogen (secondary N) is 1. The Labute approximate surface area is 174 Å². The van der Waals surface area contributed by atoms with Crippen molar-refractivity contribution in [2.45, 2.75) is 13.5 Å². The average Bonchev–Trinajstić information content (AvgIpc) is 2.79. The number of amides is 1. The number of rotatable bonds is 7. The molecule has 4 aromatic rings. The molecular weight excluding hydrogens is 378 g/mol. The molecule has 2 aromatic carbocycles. The Morgan fingerprint density at radius 3 is 2.67 bits per heavy atom. The van der Waals surface area contributed by atoms with E-state index in [0.29, 0.717) is 30.3 Å². The number of pyridine rings is 2. The van der Waals surface area contributed by atoms with Gasteiger partial charge in [0.15, 0.2) is 11.5 Å². The summed E-state index contributed by atoms with van der Waals surface area (Å²) in [5, 5.41) is 4.87. The fourth-order valence-corrected chi connectivity index (χ4v) is 3.11. The van der Waals surface area contributed by atoms with Crippen LogP contribution in [0.4, 0.5) is 5.69 Å². The fourth-order valence-electron chi connectivity index (χ4n) is 3.11. The van der Waals surface area contributed by atoms with E-state index in [9.17, 15) is 4.79 Å². The molecule has 0 aliphatic rings. The first-order valence-corrected chi connectivity index (χ1v) is 9.67. The second kappa shape index (κ2) is 9.05. The van der Waals surface area contributed by atoms with Gasteiger partial charge in [-0.05, 0) is 43.3 Å². The second-order valence-electron chi connectivity index (χ2n) is 6.60. The van der Waals surface area contributed by atoms with Crippen LogP contribution in [-0.4, -0.2) is 22.5 Å². The minimum absolute atomic E-state index is 0.223. The SMILES string of the molecule is CCOc1cc(C(=O)Nc2cccc3cnccc23)ccc1OCc1cccnc1. The van der Waals surface area contributed by atoms with Crippen LogP contribution in [0.3, 0.4) is 0 Å². The van der Waals surface area contributed by atoms with Gasteiger partial charge < -0.3 is 14.8 Å². The molecule has 0 fully saturated rings. The van der Waals surface area contributed by atoms with E-state index >= 15 is 0 Å². The molecule has 1 amide bonds. The number of hydrogen-bond acceptors (Lipinski definition) is 5. The maximum absolute atomic E-state index is 12.9. The van der Waals surface area contributed by atoms with Crippen LogP contribution in [0.1, 0.15) is 22.8 Å². The van der Waals surface area contributed by atoms with Crippen LogP contribution in [-0.2, 0) is 6.61 Å². The topological polar surface area (TPSA) is 73.3 Å². The summed E-state index contributed by atoms with van der Waals surface area (Å²) in [7, 11) is 0. The Bertz CT molecular complexity index is 1160. The highest BCUT2D eigenvalue weighted by molar-refractivity contribution is 6.09. The third-order valence-electron chi connectivity index (χ3n) is 4.55. The predicted octanol–water partition coefficient (Wildman–Crippen LogP) is 4.86. The second-order valence-corrected chi connectivity index (χ2v) is 6.60. The summed E-state index contributed by atoms with van der Waals surface area (Å²) in [6.07, 6.45) is 6.95. The van der Waals surface area contributed by atoms with E-state index in [2.05, 4.69) is 15.3 Å². The van der Waals surface area contributed by atoms with Crippen molar-refractivity contribution in [2.24, 2.45) is 0 Å². The molecule has 30 heavy (non-hydrogen) atoms. The molecule has 150 valence electrons. The van der Waals surface area contributed by atoms with Crippen LogP contribution < -0.4 is 14.8 Å². The maximum Gasteiger partial charge on any atom is 0.255 e. The molecule has 0 atom stereocenters. The summed E-state index contributed by atoms with van der Waals surface area (Å²) in [4.78, 5) is 21.1. The number of carbonyl (C=O) groups is 1. The monoisotopic (exact) mass is 399 g/mol. The zero-order chi connectivity index (χ0) is 20.8. The normalized spacial score (nSPS) is 10.6. The molecule has 4 rings (SSSR count). The molecule has 0 saturated heterocycles. The molecular formula is C24H21N3O3. The van der Waals surface area contributed by atoms with Gasteiger partial charge in [-0.1, -0.05) is 18.2 Å². The smallest absolute Gasteiger partial charge is 0.255 e. The largest absolute Gasteiger partial charge is 0.490 e. The van der Waals surface area contributed by atoms with Crippen LogP contribution in [0.5, 0.6) is 11.5 Å². The molecule has 2 heterocycles. The standard InChI is InChI=1S/C24H21N3O3/c1-2-29-23-13-18(8-9-22(23)30-16-17-5-4-11-25-14-17)24(28)27-21-7-3-6-19-15-26-12-10-20(19)21/h3-15H,2,16H2,1H3,(H,27,28). The summed E-state index contributed by atoms with van der Waals surface area (Å²) in [5.74, 6) is 0.878. The highest BCUT2D eigenvalue weighted by Crippen LogP contribution is 2.30. The molecule has 0 bridgehead atoms. The lowest BCUT2D eigenvalue weighted by molar-refractivity contribution is 0.102. The number of hydrogen-bond donors (Lipinski definition) is 1. The Kier molecular flexibility index (Phi) is 5.85. The van der Waals surface area contributed by atoms with Crippen molar-refractivity contribution in [3.8, 4) is 11.5 Å². The Hall–Kier alpha value is -3.93.